The highest BCUT2D eigenvalue weighted by Gasteiger charge is 2.21. The maximum atomic E-state index is 13.8. The second-order valence-corrected chi connectivity index (χ2v) is 10.8. The van der Waals surface area contributed by atoms with E-state index in [-0.39, 0.29) is 33.5 Å². The number of nitrogens with one attached hydrogen (secondary N) is 3. The van der Waals surface area contributed by atoms with Crippen molar-refractivity contribution in [3.63, 3.8) is 0 Å². The van der Waals surface area contributed by atoms with Crippen molar-refractivity contribution in [1.82, 2.24) is 9.97 Å². The summed E-state index contributed by atoms with van der Waals surface area (Å²) in [7, 11) is 0.137. The molecule has 1 heterocycles. The van der Waals surface area contributed by atoms with Crippen LogP contribution in [0.4, 0.5) is 27.4 Å². The van der Waals surface area contributed by atoms with E-state index in [2.05, 4.69) is 25.3 Å². The number of carbonyl (C=O) groups excluding carboxylic acids is 1. The van der Waals surface area contributed by atoms with Gasteiger partial charge in [0.1, 0.15) is 23.1 Å². The molecule has 3 N–H and O–H groups in total. The van der Waals surface area contributed by atoms with Crippen molar-refractivity contribution in [1.29, 1.82) is 0 Å². The van der Waals surface area contributed by atoms with E-state index in [0.717, 1.165) is 12.1 Å². The van der Waals surface area contributed by atoms with Crippen molar-refractivity contribution >= 4 is 50.0 Å². The van der Waals surface area contributed by atoms with Gasteiger partial charge in [-0.1, -0.05) is 18.2 Å². The normalized spacial score (nSPS) is 11.1. The molecule has 5 rings (SSSR count). The number of ether oxygens (including phenoxy) is 3. The Labute approximate surface area is 246 Å². The Morgan fingerprint density at radius 3 is 2.07 bits per heavy atom. The van der Waals surface area contributed by atoms with Gasteiger partial charge in [0.15, 0.2) is 11.6 Å². The molecule has 0 saturated heterocycles. The van der Waals surface area contributed by atoms with Crippen LogP contribution in [0.15, 0.2) is 89.8 Å². The number of anilines is 4. The van der Waals surface area contributed by atoms with Gasteiger partial charge in [0.05, 0.1) is 42.8 Å². The molecule has 1 amide bonds. The van der Waals surface area contributed by atoms with E-state index in [1.807, 2.05) is 0 Å². The molecule has 4 aromatic carbocycles. The maximum absolute atomic E-state index is 13.8. The fourth-order valence-corrected chi connectivity index (χ4v) is 5.21. The summed E-state index contributed by atoms with van der Waals surface area (Å²) in [5.74, 6) is -0.0771. The van der Waals surface area contributed by atoms with Crippen LogP contribution in [0.3, 0.4) is 0 Å². The summed E-state index contributed by atoms with van der Waals surface area (Å²) in [4.78, 5) is 21.8. The molecule has 1 aromatic heterocycles. The van der Waals surface area contributed by atoms with Gasteiger partial charge in [-0.25, -0.2) is 22.8 Å². The second-order valence-electron chi connectivity index (χ2n) is 9.07. The Balaban J connectivity index is 1.47. The highest BCUT2D eigenvalue weighted by Crippen LogP contribution is 2.32. The average molecular weight is 604 g/mol. The summed E-state index contributed by atoms with van der Waals surface area (Å²) in [5.41, 5.74) is 1.61. The third kappa shape index (κ3) is 6.57. The molecule has 220 valence electrons. The predicted molar refractivity (Wildman–Crippen MR) is 161 cm³/mol. The van der Waals surface area contributed by atoms with Crippen LogP contribution in [-0.2, 0) is 10.0 Å². The van der Waals surface area contributed by atoms with Crippen molar-refractivity contribution in [3.05, 3.63) is 96.3 Å². The van der Waals surface area contributed by atoms with Crippen molar-refractivity contribution < 1.29 is 31.8 Å². The Morgan fingerprint density at radius 2 is 1.42 bits per heavy atom. The van der Waals surface area contributed by atoms with Gasteiger partial charge in [-0.15, -0.1) is 0 Å². The molecular formula is C30H26FN5O6S. The van der Waals surface area contributed by atoms with Crippen LogP contribution in [0, 0.1) is 5.82 Å². The third-order valence-electron chi connectivity index (χ3n) is 6.22. The molecule has 13 heteroatoms. The number of para-hydroxylation sites is 2. The fourth-order valence-electron chi connectivity index (χ4n) is 4.16. The summed E-state index contributed by atoms with van der Waals surface area (Å²) in [5, 5.41) is 5.68. The Bertz CT molecular complexity index is 1910. The van der Waals surface area contributed by atoms with Gasteiger partial charge < -0.3 is 24.8 Å². The summed E-state index contributed by atoms with van der Waals surface area (Å²) in [6, 6.07) is 21.2. The minimum absolute atomic E-state index is 0.0507. The third-order valence-corrected chi connectivity index (χ3v) is 7.56. The van der Waals surface area contributed by atoms with Crippen LogP contribution >= 0.6 is 0 Å². The summed E-state index contributed by atoms with van der Waals surface area (Å²) < 4.78 is 59.3. The summed E-state index contributed by atoms with van der Waals surface area (Å²) in [6.07, 6.45) is 0. The number of hydrogen-bond acceptors (Lipinski definition) is 9. The molecule has 0 spiro atoms. The Morgan fingerprint density at radius 1 is 0.744 bits per heavy atom. The zero-order chi connectivity index (χ0) is 30.6. The molecule has 0 fully saturated rings. The molecular weight excluding hydrogens is 577 g/mol. The van der Waals surface area contributed by atoms with Crippen LogP contribution in [0.1, 0.15) is 10.4 Å². The van der Waals surface area contributed by atoms with Gasteiger partial charge in [-0.2, -0.15) is 0 Å². The molecule has 0 unspecified atom stereocenters. The Hall–Kier alpha value is -5.43. The SMILES string of the molecule is COc1cc(Nc2nc3ccccc3nc2NS(=O)(=O)c2cccc(NC(=O)c3cc(F)ccc3OC)c2)cc(OC)c1. The number of methoxy groups -OCH3 is 3. The first-order valence-corrected chi connectivity index (χ1v) is 14.2. The van der Waals surface area contributed by atoms with Gasteiger partial charge >= 0.3 is 0 Å². The van der Waals surface area contributed by atoms with Gasteiger partial charge in [-0.05, 0) is 48.5 Å². The summed E-state index contributed by atoms with van der Waals surface area (Å²) >= 11 is 0. The number of aromatic nitrogens is 2. The lowest BCUT2D eigenvalue weighted by Crippen LogP contribution is -2.17. The van der Waals surface area contributed by atoms with Crippen LogP contribution in [0.25, 0.3) is 11.0 Å². The number of halogens is 1. The number of hydrogen-bond donors (Lipinski definition) is 3. The fraction of sp³-hybridized carbons (Fsp3) is 0.100. The number of rotatable bonds is 10. The lowest BCUT2D eigenvalue weighted by atomic mass is 10.1. The monoisotopic (exact) mass is 603 g/mol. The summed E-state index contributed by atoms with van der Waals surface area (Å²) in [6.45, 7) is 0. The van der Waals surface area contributed by atoms with E-state index in [4.69, 9.17) is 14.2 Å². The van der Waals surface area contributed by atoms with Crippen molar-refractivity contribution in [2.75, 3.05) is 36.7 Å². The number of sulfonamides is 1. The first-order chi connectivity index (χ1) is 20.7. The minimum atomic E-state index is -4.24. The van der Waals surface area contributed by atoms with Crippen LogP contribution in [0.2, 0.25) is 0 Å². The van der Waals surface area contributed by atoms with E-state index < -0.39 is 21.7 Å². The number of carbonyl (C=O) groups is 1. The number of fused-ring (bicyclic) bond motifs is 1. The zero-order valence-corrected chi connectivity index (χ0v) is 24.0. The van der Waals surface area contributed by atoms with Gasteiger partial charge in [0.2, 0.25) is 0 Å². The number of amides is 1. The molecule has 5 aromatic rings. The topological polar surface area (TPSA) is 141 Å². The smallest absolute Gasteiger partial charge is 0.263 e. The van der Waals surface area contributed by atoms with E-state index in [1.165, 1.54) is 51.7 Å². The molecule has 0 bridgehead atoms. The Kier molecular flexibility index (Phi) is 8.25. The molecule has 0 radical (unpaired) electrons. The van der Waals surface area contributed by atoms with E-state index in [1.54, 1.807) is 42.5 Å². The van der Waals surface area contributed by atoms with Gasteiger partial charge in [-0.3, -0.25) is 9.52 Å². The van der Waals surface area contributed by atoms with Crippen LogP contribution in [0.5, 0.6) is 17.2 Å². The lowest BCUT2D eigenvalue weighted by molar-refractivity contribution is 0.102. The van der Waals surface area contributed by atoms with Crippen molar-refractivity contribution in [2.24, 2.45) is 0 Å². The molecule has 43 heavy (non-hydrogen) atoms. The van der Waals surface area contributed by atoms with Crippen LogP contribution in [-0.4, -0.2) is 45.6 Å². The molecule has 0 aliphatic carbocycles. The highest BCUT2D eigenvalue weighted by atomic mass is 32.2. The van der Waals surface area contributed by atoms with E-state index in [9.17, 15) is 17.6 Å². The minimum Gasteiger partial charge on any atom is -0.497 e. The van der Waals surface area contributed by atoms with Crippen LogP contribution < -0.4 is 29.6 Å². The van der Waals surface area contributed by atoms with Gasteiger partial charge in [0, 0.05) is 29.6 Å². The predicted octanol–water partition coefficient (Wildman–Crippen LogP) is 5.59. The van der Waals surface area contributed by atoms with E-state index >= 15 is 0 Å². The average Bonchev–Trinajstić information content (AvgIpc) is 3.01. The maximum Gasteiger partial charge on any atom is 0.263 e. The quantitative estimate of drug-likeness (QED) is 0.186. The first-order valence-electron chi connectivity index (χ1n) is 12.7. The molecule has 11 nitrogen and oxygen atoms in total. The van der Waals surface area contributed by atoms with E-state index in [0.29, 0.717) is 28.2 Å². The largest absolute Gasteiger partial charge is 0.497 e. The molecule has 0 saturated carbocycles. The lowest BCUT2D eigenvalue weighted by Gasteiger charge is -2.15. The van der Waals surface area contributed by atoms with Crippen molar-refractivity contribution in [2.45, 2.75) is 4.90 Å². The molecule has 0 aliphatic heterocycles. The van der Waals surface area contributed by atoms with Crippen molar-refractivity contribution in [3.8, 4) is 17.2 Å². The number of nitrogens with zero attached hydrogens (tertiary/aromatic N) is 2. The second kappa shape index (κ2) is 12.2. The number of benzene rings is 4. The molecule has 0 atom stereocenters. The molecule has 0 aliphatic rings. The standard InChI is InChI=1S/C30H26FN5O6S/c1-40-21-14-20(15-22(17-21)41-2)32-28-29(35-26-10-5-4-9-25(26)34-28)36-43(38,39)23-8-6-7-19(16-23)33-30(37)24-13-18(31)11-12-27(24)42-3/h4-17H,1-3H3,(H,32,34)(H,33,37)(H,35,36). The first kappa shape index (κ1) is 29.1. The van der Waals surface area contributed by atoms with Gasteiger partial charge in [0.25, 0.3) is 15.9 Å². The zero-order valence-electron chi connectivity index (χ0n) is 23.2. The highest BCUT2D eigenvalue weighted by molar-refractivity contribution is 7.92.